The maximum atomic E-state index is 9.79. The van der Waals surface area contributed by atoms with Gasteiger partial charge in [-0.05, 0) is 24.1 Å². The van der Waals surface area contributed by atoms with Crippen molar-refractivity contribution < 1.29 is 20.4 Å². The van der Waals surface area contributed by atoms with Crippen LogP contribution < -0.4 is 0 Å². The van der Waals surface area contributed by atoms with E-state index in [1.54, 1.807) is 12.1 Å². The second-order valence-electron chi connectivity index (χ2n) is 3.54. The Kier molecular flexibility index (Phi) is 5.18. The number of hydrogen-bond donors (Lipinski definition) is 4. The molecule has 2 unspecified atom stereocenters. The summed E-state index contributed by atoms with van der Waals surface area (Å²) in [6.07, 6.45) is -2.16. The zero-order valence-corrected chi connectivity index (χ0v) is 9.43. The van der Waals surface area contributed by atoms with Crippen LogP contribution in [0.5, 0.6) is 0 Å². The summed E-state index contributed by atoms with van der Waals surface area (Å²) in [5.74, 6) is 0. The molecule has 4 nitrogen and oxygen atoms in total. The first-order valence-electron chi connectivity index (χ1n) is 4.96. The molecular weight excluding hydrogens is 232 g/mol. The molecule has 0 fully saturated rings. The number of aliphatic hydroxyl groups excluding tert-OH is 4. The Balaban J connectivity index is 2.92. The lowest BCUT2D eigenvalue weighted by Gasteiger charge is -2.19. The maximum Gasteiger partial charge on any atom is 0.106 e. The summed E-state index contributed by atoms with van der Waals surface area (Å²) in [6, 6.07) is 4.72. The van der Waals surface area contributed by atoms with E-state index >= 15 is 0 Å². The van der Waals surface area contributed by atoms with Gasteiger partial charge in [0.05, 0.1) is 12.7 Å². The highest BCUT2D eigenvalue weighted by molar-refractivity contribution is 6.31. The third kappa shape index (κ3) is 3.17. The highest BCUT2D eigenvalue weighted by Gasteiger charge is 2.20. The number of benzene rings is 1. The van der Waals surface area contributed by atoms with E-state index in [4.69, 9.17) is 21.8 Å². The van der Waals surface area contributed by atoms with Crippen LogP contribution >= 0.6 is 11.6 Å². The molecule has 0 saturated heterocycles. The van der Waals surface area contributed by atoms with Crippen LogP contribution in [0.15, 0.2) is 18.2 Å². The maximum absolute atomic E-state index is 9.79. The Morgan fingerprint density at radius 3 is 2.44 bits per heavy atom. The van der Waals surface area contributed by atoms with Gasteiger partial charge in [0, 0.05) is 17.2 Å². The fraction of sp³-hybridized carbons (Fsp3) is 0.455. The van der Waals surface area contributed by atoms with Gasteiger partial charge in [-0.25, -0.2) is 0 Å². The van der Waals surface area contributed by atoms with Crippen LogP contribution in [-0.4, -0.2) is 33.1 Å². The molecule has 0 aromatic heterocycles. The van der Waals surface area contributed by atoms with Gasteiger partial charge in [-0.1, -0.05) is 17.7 Å². The molecule has 0 amide bonds. The van der Waals surface area contributed by atoms with Crippen molar-refractivity contribution in [3.63, 3.8) is 0 Å². The fourth-order valence-electron chi connectivity index (χ4n) is 1.42. The molecule has 1 aromatic rings. The standard InChI is InChI=1S/C11H15ClO4/c12-9-2-1-7(6-14)5-8(9)11(16)10(15)3-4-13/h1-2,5,10-11,13-16H,3-4,6H2. The molecule has 16 heavy (non-hydrogen) atoms. The van der Waals surface area contributed by atoms with Crippen molar-refractivity contribution in [2.45, 2.75) is 25.2 Å². The first kappa shape index (κ1) is 13.4. The van der Waals surface area contributed by atoms with Gasteiger partial charge in [0.15, 0.2) is 0 Å². The van der Waals surface area contributed by atoms with Crippen molar-refractivity contribution in [2.75, 3.05) is 6.61 Å². The minimum absolute atomic E-state index is 0.0703. The minimum Gasteiger partial charge on any atom is -0.396 e. The summed E-state index contributed by atoms with van der Waals surface area (Å²) < 4.78 is 0. The average molecular weight is 247 g/mol. The van der Waals surface area contributed by atoms with Crippen LogP contribution in [0.1, 0.15) is 23.7 Å². The molecule has 0 saturated carbocycles. The quantitative estimate of drug-likeness (QED) is 0.614. The van der Waals surface area contributed by atoms with E-state index in [0.29, 0.717) is 16.1 Å². The summed E-state index contributed by atoms with van der Waals surface area (Å²) in [5.41, 5.74) is 0.962. The van der Waals surface area contributed by atoms with E-state index < -0.39 is 12.2 Å². The van der Waals surface area contributed by atoms with Gasteiger partial charge in [-0.15, -0.1) is 0 Å². The second-order valence-corrected chi connectivity index (χ2v) is 3.95. The van der Waals surface area contributed by atoms with E-state index in [0.717, 1.165) is 0 Å². The molecule has 1 aromatic carbocycles. The third-order valence-electron chi connectivity index (χ3n) is 2.35. The fourth-order valence-corrected chi connectivity index (χ4v) is 1.64. The van der Waals surface area contributed by atoms with Gasteiger partial charge in [0.2, 0.25) is 0 Å². The number of hydrogen-bond acceptors (Lipinski definition) is 4. The molecular formula is C11H15ClO4. The Morgan fingerprint density at radius 2 is 1.88 bits per heavy atom. The lowest BCUT2D eigenvalue weighted by atomic mass is 10.0. The lowest BCUT2D eigenvalue weighted by molar-refractivity contribution is 0.00419. The van der Waals surface area contributed by atoms with Gasteiger partial charge < -0.3 is 20.4 Å². The lowest BCUT2D eigenvalue weighted by Crippen LogP contribution is -2.20. The zero-order valence-electron chi connectivity index (χ0n) is 8.67. The molecule has 0 bridgehead atoms. The van der Waals surface area contributed by atoms with Crippen LogP contribution in [0.4, 0.5) is 0 Å². The van der Waals surface area contributed by atoms with Crippen molar-refractivity contribution in [2.24, 2.45) is 0 Å². The number of rotatable bonds is 5. The van der Waals surface area contributed by atoms with Gasteiger partial charge in [-0.2, -0.15) is 0 Å². The van der Waals surface area contributed by atoms with Crippen molar-refractivity contribution in [1.29, 1.82) is 0 Å². The summed E-state index contributed by atoms with van der Waals surface area (Å²) in [4.78, 5) is 0. The second kappa shape index (κ2) is 6.18. The Morgan fingerprint density at radius 1 is 1.19 bits per heavy atom. The Bertz CT molecular complexity index is 343. The Hall–Kier alpha value is -0.650. The molecule has 4 N–H and O–H groups in total. The molecule has 0 aliphatic carbocycles. The molecule has 0 aliphatic rings. The van der Waals surface area contributed by atoms with Crippen LogP contribution in [0.2, 0.25) is 5.02 Å². The van der Waals surface area contributed by atoms with Gasteiger partial charge >= 0.3 is 0 Å². The van der Waals surface area contributed by atoms with Gasteiger partial charge in [-0.3, -0.25) is 0 Å². The normalized spacial score (nSPS) is 14.8. The van der Waals surface area contributed by atoms with Crippen LogP contribution in [-0.2, 0) is 6.61 Å². The van der Waals surface area contributed by atoms with Crippen molar-refractivity contribution in [1.82, 2.24) is 0 Å². The van der Waals surface area contributed by atoms with E-state index in [9.17, 15) is 10.2 Å². The van der Waals surface area contributed by atoms with Crippen molar-refractivity contribution in [3.05, 3.63) is 34.3 Å². The molecule has 90 valence electrons. The minimum atomic E-state index is -1.16. The molecule has 2 atom stereocenters. The predicted molar refractivity (Wildman–Crippen MR) is 60.0 cm³/mol. The van der Waals surface area contributed by atoms with Crippen LogP contribution in [0.3, 0.4) is 0 Å². The molecule has 0 aliphatic heterocycles. The highest BCUT2D eigenvalue weighted by atomic mass is 35.5. The largest absolute Gasteiger partial charge is 0.396 e. The molecule has 0 spiro atoms. The average Bonchev–Trinajstić information content (AvgIpc) is 2.29. The molecule has 0 heterocycles. The summed E-state index contributed by atoms with van der Waals surface area (Å²) in [6.45, 7) is -0.372. The van der Waals surface area contributed by atoms with Crippen molar-refractivity contribution >= 4 is 11.6 Å². The molecule has 5 heteroatoms. The van der Waals surface area contributed by atoms with Crippen LogP contribution in [0, 0.1) is 0 Å². The first-order valence-corrected chi connectivity index (χ1v) is 5.34. The summed E-state index contributed by atoms with van der Waals surface area (Å²) >= 11 is 5.88. The van der Waals surface area contributed by atoms with Crippen molar-refractivity contribution in [3.8, 4) is 0 Å². The zero-order chi connectivity index (χ0) is 12.1. The molecule has 0 radical (unpaired) electrons. The van der Waals surface area contributed by atoms with E-state index in [1.807, 2.05) is 0 Å². The van der Waals surface area contributed by atoms with Gasteiger partial charge in [0.1, 0.15) is 6.10 Å². The smallest absolute Gasteiger partial charge is 0.106 e. The monoisotopic (exact) mass is 246 g/mol. The molecule has 1 rings (SSSR count). The SMILES string of the molecule is OCCC(O)C(O)c1cc(CO)ccc1Cl. The topological polar surface area (TPSA) is 80.9 Å². The van der Waals surface area contributed by atoms with E-state index in [1.165, 1.54) is 6.07 Å². The number of aliphatic hydroxyl groups is 4. The van der Waals surface area contributed by atoms with E-state index in [-0.39, 0.29) is 19.6 Å². The summed E-state index contributed by atoms with van der Waals surface area (Å²) in [5, 5.41) is 37.3. The third-order valence-corrected chi connectivity index (χ3v) is 2.70. The summed E-state index contributed by atoms with van der Waals surface area (Å²) in [7, 11) is 0. The highest BCUT2D eigenvalue weighted by Crippen LogP contribution is 2.27. The van der Waals surface area contributed by atoms with Crippen LogP contribution in [0.25, 0.3) is 0 Å². The van der Waals surface area contributed by atoms with Gasteiger partial charge in [0.25, 0.3) is 0 Å². The van der Waals surface area contributed by atoms with E-state index in [2.05, 4.69) is 0 Å². The first-order chi connectivity index (χ1) is 7.60. The predicted octanol–water partition coefficient (Wildman–Crippen LogP) is 0.609. The number of halogens is 1. The Labute approximate surface area is 98.7 Å².